The molecule has 2 rings (SSSR count). The third kappa shape index (κ3) is 5.78. The Morgan fingerprint density at radius 1 is 1.29 bits per heavy atom. The lowest BCUT2D eigenvalue weighted by Gasteiger charge is -2.22. The van der Waals surface area contributed by atoms with Crippen molar-refractivity contribution >= 4 is 58.0 Å². The summed E-state index contributed by atoms with van der Waals surface area (Å²) in [7, 11) is 7.75. The van der Waals surface area contributed by atoms with E-state index < -0.39 is 0 Å². The first-order chi connectivity index (χ1) is 11.0. The Labute approximate surface area is 169 Å². The van der Waals surface area contributed by atoms with Crippen LogP contribution in [0.25, 0.3) is 0 Å². The molecule has 1 aromatic heterocycles. The molecule has 0 bridgehead atoms. The van der Waals surface area contributed by atoms with E-state index in [-0.39, 0.29) is 24.0 Å². The summed E-state index contributed by atoms with van der Waals surface area (Å²) in [6.45, 7) is 1.34. The Bertz CT molecular complexity index is 674. The summed E-state index contributed by atoms with van der Waals surface area (Å²) in [5.74, 6) is 0.810. The van der Waals surface area contributed by atoms with Crippen molar-refractivity contribution in [3.05, 3.63) is 45.9 Å². The average molecular weight is 480 g/mol. The zero-order valence-corrected chi connectivity index (χ0v) is 18.2. The highest BCUT2D eigenvalue weighted by atomic mass is 127. The molecule has 0 saturated heterocycles. The van der Waals surface area contributed by atoms with Crippen molar-refractivity contribution in [3.8, 4) is 0 Å². The van der Waals surface area contributed by atoms with E-state index >= 15 is 0 Å². The molecule has 0 radical (unpaired) electrons. The van der Waals surface area contributed by atoms with E-state index in [9.17, 15) is 0 Å². The smallest absolute Gasteiger partial charge is 0.194 e. The molecule has 0 spiro atoms. The summed E-state index contributed by atoms with van der Waals surface area (Å²) >= 11 is 7.86. The monoisotopic (exact) mass is 479 g/mol. The van der Waals surface area contributed by atoms with Gasteiger partial charge in [0.1, 0.15) is 0 Å². The second kappa shape index (κ2) is 10.0. The molecule has 0 aliphatic rings. The maximum Gasteiger partial charge on any atom is 0.194 e. The number of guanidine groups is 1. The fourth-order valence-electron chi connectivity index (χ4n) is 2.09. The van der Waals surface area contributed by atoms with Gasteiger partial charge in [-0.1, -0.05) is 29.8 Å². The molecule has 1 aromatic carbocycles. The van der Waals surface area contributed by atoms with Crippen LogP contribution >= 0.6 is 46.9 Å². The van der Waals surface area contributed by atoms with Crippen molar-refractivity contribution in [2.24, 2.45) is 4.99 Å². The lowest BCUT2D eigenvalue weighted by Crippen LogP contribution is -2.38. The molecule has 0 unspecified atom stereocenters. The molecule has 1 N–H and O–H groups in total. The van der Waals surface area contributed by atoms with Crippen LogP contribution in [0.5, 0.6) is 0 Å². The van der Waals surface area contributed by atoms with Gasteiger partial charge in [0, 0.05) is 45.1 Å². The average Bonchev–Trinajstić information content (AvgIpc) is 2.99. The van der Waals surface area contributed by atoms with Crippen LogP contribution < -0.4 is 10.2 Å². The quantitative estimate of drug-likeness (QED) is 0.404. The molecular weight excluding hydrogens is 457 g/mol. The van der Waals surface area contributed by atoms with Crippen molar-refractivity contribution in [1.29, 1.82) is 0 Å². The van der Waals surface area contributed by atoms with Gasteiger partial charge in [0.2, 0.25) is 0 Å². The van der Waals surface area contributed by atoms with Gasteiger partial charge in [-0.25, -0.2) is 4.98 Å². The lowest BCUT2D eigenvalue weighted by molar-refractivity contribution is 0.476. The standard InChI is InChI=1S/C16H22ClN5S.HI/c1-18-15(19-9-13-11-23-16(20-13)21(2)3)22(4)10-12-7-5-6-8-14(12)17;/h5-8,11H,9-10H2,1-4H3,(H,18,19);1H. The number of anilines is 1. The van der Waals surface area contributed by atoms with Crippen LogP contribution in [0.3, 0.4) is 0 Å². The highest BCUT2D eigenvalue weighted by Gasteiger charge is 2.10. The molecule has 24 heavy (non-hydrogen) atoms. The minimum atomic E-state index is 0. The number of nitrogens with zero attached hydrogens (tertiary/aromatic N) is 4. The highest BCUT2D eigenvalue weighted by Crippen LogP contribution is 2.18. The van der Waals surface area contributed by atoms with E-state index in [1.807, 2.05) is 55.2 Å². The molecule has 0 aliphatic heterocycles. The second-order valence-corrected chi connectivity index (χ2v) is 6.61. The van der Waals surface area contributed by atoms with Gasteiger partial charge < -0.3 is 15.1 Å². The van der Waals surface area contributed by atoms with E-state index in [1.54, 1.807) is 18.4 Å². The molecular formula is C16H23ClIN5S. The van der Waals surface area contributed by atoms with Crippen molar-refractivity contribution in [2.45, 2.75) is 13.1 Å². The van der Waals surface area contributed by atoms with E-state index in [0.717, 1.165) is 27.4 Å². The summed E-state index contributed by atoms with van der Waals surface area (Å²) in [5, 5.41) is 7.16. The van der Waals surface area contributed by atoms with Crippen LogP contribution in [0.1, 0.15) is 11.3 Å². The molecule has 0 fully saturated rings. The van der Waals surface area contributed by atoms with Crippen LogP contribution in [-0.2, 0) is 13.1 Å². The predicted octanol–water partition coefficient (Wildman–Crippen LogP) is 3.69. The van der Waals surface area contributed by atoms with Gasteiger partial charge in [-0.15, -0.1) is 35.3 Å². The number of hydrogen-bond acceptors (Lipinski definition) is 4. The molecule has 132 valence electrons. The molecule has 2 aromatic rings. The van der Waals surface area contributed by atoms with Crippen molar-refractivity contribution in [3.63, 3.8) is 0 Å². The Morgan fingerprint density at radius 2 is 2.00 bits per heavy atom. The first-order valence-electron chi connectivity index (χ1n) is 7.28. The summed E-state index contributed by atoms with van der Waals surface area (Å²) in [6.07, 6.45) is 0. The number of benzene rings is 1. The fraction of sp³-hybridized carbons (Fsp3) is 0.375. The molecule has 0 amide bonds. The maximum absolute atomic E-state index is 6.22. The molecule has 8 heteroatoms. The summed E-state index contributed by atoms with van der Waals surface area (Å²) in [5.41, 5.74) is 2.08. The van der Waals surface area contributed by atoms with Crippen LogP contribution in [0.2, 0.25) is 5.02 Å². The third-order valence-corrected chi connectivity index (χ3v) is 4.71. The molecule has 1 heterocycles. The minimum Gasteiger partial charge on any atom is -0.354 e. The van der Waals surface area contributed by atoms with E-state index in [0.29, 0.717) is 13.1 Å². The second-order valence-electron chi connectivity index (χ2n) is 5.36. The fourth-order valence-corrected chi connectivity index (χ4v) is 3.05. The number of thiazole rings is 1. The number of hydrogen-bond donors (Lipinski definition) is 1. The maximum atomic E-state index is 6.22. The number of rotatable bonds is 5. The summed E-state index contributed by atoms with van der Waals surface area (Å²) in [6, 6.07) is 7.85. The van der Waals surface area contributed by atoms with Gasteiger partial charge in [0.05, 0.1) is 12.2 Å². The first-order valence-corrected chi connectivity index (χ1v) is 8.54. The Morgan fingerprint density at radius 3 is 2.58 bits per heavy atom. The number of aromatic nitrogens is 1. The minimum absolute atomic E-state index is 0. The topological polar surface area (TPSA) is 43.8 Å². The number of aliphatic imine (C=N–C) groups is 1. The van der Waals surface area contributed by atoms with Gasteiger partial charge in [0.25, 0.3) is 0 Å². The highest BCUT2D eigenvalue weighted by molar-refractivity contribution is 14.0. The largest absolute Gasteiger partial charge is 0.354 e. The number of nitrogens with one attached hydrogen (secondary N) is 1. The number of halogens is 2. The van der Waals surface area contributed by atoms with Gasteiger partial charge in [-0.05, 0) is 11.6 Å². The van der Waals surface area contributed by atoms with E-state index in [1.165, 1.54) is 0 Å². The summed E-state index contributed by atoms with van der Waals surface area (Å²) in [4.78, 5) is 12.9. The van der Waals surface area contributed by atoms with E-state index in [4.69, 9.17) is 11.6 Å². The Hall–Kier alpha value is -1.06. The van der Waals surface area contributed by atoms with Gasteiger partial charge >= 0.3 is 0 Å². The molecule has 5 nitrogen and oxygen atoms in total. The predicted molar refractivity (Wildman–Crippen MR) is 115 cm³/mol. The van der Waals surface area contributed by atoms with Crippen molar-refractivity contribution in [2.75, 3.05) is 33.1 Å². The zero-order chi connectivity index (χ0) is 16.8. The van der Waals surface area contributed by atoms with Gasteiger partial charge in [-0.3, -0.25) is 4.99 Å². The van der Waals surface area contributed by atoms with E-state index in [2.05, 4.69) is 20.7 Å². The SMILES string of the molecule is CN=C(NCc1csc(N(C)C)n1)N(C)Cc1ccccc1Cl.I. The molecule has 0 aliphatic carbocycles. The molecule has 0 saturated carbocycles. The normalized spacial score (nSPS) is 11.0. The van der Waals surface area contributed by atoms with Gasteiger partial charge in [-0.2, -0.15) is 0 Å². The van der Waals surface area contributed by atoms with Crippen LogP contribution in [-0.4, -0.2) is 44.0 Å². The molecule has 0 atom stereocenters. The Balaban J connectivity index is 0.00000288. The third-order valence-electron chi connectivity index (χ3n) is 3.29. The Kier molecular flexibility index (Phi) is 8.79. The summed E-state index contributed by atoms with van der Waals surface area (Å²) < 4.78 is 0. The van der Waals surface area contributed by atoms with Crippen LogP contribution in [0.4, 0.5) is 5.13 Å². The van der Waals surface area contributed by atoms with Crippen molar-refractivity contribution in [1.82, 2.24) is 15.2 Å². The zero-order valence-electron chi connectivity index (χ0n) is 14.3. The van der Waals surface area contributed by atoms with Gasteiger partial charge in [0.15, 0.2) is 11.1 Å². The van der Waals surface area contributed by atoms with Crippen molar-refractivity contribution < 1.29 is 0 Å². The van der Waals surface area contributed by atoms with Crippen LogP contribution in [0, 0.1) is 0 Å². The lowest BCUT2D eigenvalue weighted by atomic mass is 10.2. The van der Waals surface area contributed by atoms with Crippen LogP contribution in [0.15, 0.2) is 34.6 Å². The first kappa shape index (κ1) is 21.0.